The SMILES string of the molecule is CCONC(=O)c1cc(N/C(C)=C2\C(=O)OC(=O)C(C(C)=O)=C2O)cc(C(=O)NOCC)c1. The number of esters is 2. The highest BCUT2D eigenvalue weighted by Gasteiger charge is 2.36. The first kappa shape index (κ1) is 25.2. The number of hydrogen-bond acceptors (Lipinski definition) is 10. The number of ketones is 1. The zero-order valence-electron chi connectivity index (χ0n) is 18.4. The average molecular weight is 461 g/mol. The molecule has 0 spiro atoms. The fraction of sp³-hybridized carbons (Fsp3) is 0.286. The van der Waals surface area contributed by atoms with Crippen molar-refractivity contribution in [3.8, 4) is 0 Å². The maximum Gasteiger partial charge on any atom is 0.353 e. The molecule has 0 saturated heterocycles. The van der Waals surface area contributed by atoms with Gasteiger partial charge >= 0.3 is 11.9 Å². The van der Waals surface area contributed by atoms with Crippen molar-refractivity contribution in [3.63, 3.8) is 0 Å². The molecule has 0 atom stereocenters. The molecule has 1 aromatic rings. The summed E-state index contributed by atoms with van der Waals surface area (Å²) in [5.41, 5.74) is 3.47. The van der Waals surface area contributed by atoms with Crippen LogP contribution in [0.1, 0.15) is 48.4 Å². The molecule has 4 N–H and O–H groups in total. The third-order valence-electron chi connectivity index (χ3n) is 4.20. The number of amides is 2. The van der Waals surface area contributed by atoms with Crippen LogP contribution in [0.4, 0.5) is 5.69 Å². The number of aliphatic hydroxyl groups excluding tert-OH is 1. The Balaban J connectivity index is 2.52. The Kier molecular flexibility index (Phi) is 8.42. The van der Waals surface area contributed by atoms with Gasteiger partial charge in [-0.15, -0.1) is 0 Å². The van der Waals surface area contributed by atoms with Gasteiger partial charge in [0.25, 0.3) is 11.8 Å². The van der Waals surface area contributed by atoms with E-state index in [4.69, 9.17) is 9.68 Å². The van der Waals surface area contributed by atoms with E-state index in [1.54, 1.807) is 13.8 Å². The highest BCUT2D eigenvalue weighted by molar-refractivity contribution is 6.23. The molecule has 1 aromatic carbocycles. The van der Waals surface area contributed by atoms with E-state index < -0.39 is 46.4 Å². The van der Waals surface area contributed by atoms with E-state index in [2.05, 4.69) is 21.0 Å². The summed E-state index contributed by atoms with van der Waals surface area (Å²) >= 11 is 0. The summed E-state index contributed by atoms with van der Waals surface area (Å²) in [6, 6.07) is 3.98. The Hall–Kier alpha value is -4.03. The molecular formula is C21H23N3O9. The smallest absolute Gasteiger partial charge is 0.353 e. The number of rotatable bonds is 9. The maximum absolute atomic E-state index is 12.4. The van der Waals surface area contributed by atoms with Crippen molar-refractivity contribution in [2.75, 3.05) is 18.5 Å². The molecule has 0 unspecified atom stereocenters. The lowest BCUT2D eigenvalue weighted by Crippen LogP contribution is -2.29. The second-order valence-corrected chi connectivity index (χ2v) is 6.61. The zero-order valence-corrected chi connectivity index (χ0v) is 18.4. The molecule has 12 heteroatoms. The van der Waals surface area contributed by atoms with Gasteiger partial charge in [0.1, 0.15) is 16.9 Å². The number of cyclic esters (lactones) is 2. The number of hydrogen-bond donors (Lipinski definition) is 4. The molecule has 0 aromatic heterocycles. The summed E-state index contributed by atoms with van der Waals surface area (Å²) in [4.78, 5) is 70.1. The van der Waals surface area contributed by atoms with Gasteiger partial charge in [-0.3, -0.25) is 24.1 Å². The lowest BCUT2D eigenvalue weighted by molar-refractivity contribution is -0.155. The number of carbonyl (C=O) groups is 5. The molecule has 1 aliphatic heterocycles. The third-order valence-corrected chi connectivity index (χ3v) is 4.20. The summed E-state index contributed by atoms with van der Waals surface area (Å²) in [5.74, 6) is -5.37. The van der Waals surface area contributed by atoms with E-state index >= 15 is 0 Å². The van der Waals surface area contributed by atoms with Crippen LogP contribution in [0.3, 0.4) is 0 Å². The molecule has 0 bridgehead atoms. The third kappa shape index (κ3) is 6.02. The van der Waals surface area contributed by atoms with Crippen LogP contribution in [0.15, 0.2) is 40.8 Å². The van der Waals surface area contributed by atoms with E-state index in [0.717, 1.165) is 6.92 Å². The molecule has 0 saturated carbocycles. The zero-order chi connectivity index (χ0) is 24.7. The van der Waals surface area contributed by atoms with Gasteiger partial charge in [-0.2, -0.15) is 0 Å². The van der Waals surface area contributed by atoms with Crippen molar-refractivity contribution in [3.05, 3.63) is 51.9 Å². The van der Waals surface area contributed by atoms with Gasteiger partial charge in [0.15, 0.2) is 5.78 Å². The first-order chi connectivity index (χ1) is 15.6. The topological polar surface area (TPSA) is 169 Å². The molecule has 0 fully saturated rings. The van der Waals surface area contributed by atoms with E-state index in [0.29, 0.717) is 0 Å². The molecule has 0 radical (unpaired) electrons. The van der Waals surface area contributed by atoms with Crippen molar-refractivity contribution in [2.45, 2.75) is 27.7 Å². The minimum Gasteiger partial charge on any atom is -0.506 e. The van der Waals surface area contributed by atoms with Crippen molar-refractivity contribution in [2.24, 2.45) is 0 Å². The lowest BCUT2D eigenvalue weighted by atomic mass is 10.0. The van der Waals surface area contributed by atoms with Gasteiger partial charge in [-0.1, -0.05) is 0 Å². The van der Waals surface area contributed by atoms with E-state index in [1.165, 1.54) is 25.1 Å². The van der Waals surface area contributed by atoms with Gasteiger partial charge in [0.05, 0.1) is 13.2 Å². The standard InChI is InChI=1S/C21H23N3O9/c1-5-31-23-18(27)12-7-13(19(28)24-32-6-2)9-14(8-12)22-10(3)15-17(26)16(11(4)25)21(30)33-20(15)29/h7-9,22,26H,5-6H2,1-4H3,(H,23,27)(H,24,28)/b15-10-. The monoisotopic (exact) mass is 461 g/mol. The molecule has 1 aliphatic rings. The maximum atomic E-state index is 12.4. The minimum absolute atomic E-state index is 0.0118. The molecule has 0 aliphatic carbocycles. The first-order valence-electron chi connectivity index (χ1n) is 9.78. The molecule has 2 rings (SSSR count). The first-order valence-corrected chi connectivity index (χ1v) is 9.78. The lowest BCUT2D eigenvalue weighted by Gasteiger charge is -2.19. The van der Waals surface area contributed by atoms with Crippen molar-refractivity contribution in [1.82, 2.24) is 11.0 Å². The molecule has 12 nitrogen and oxygen atoms in total. The number of ether oxygens (including phenoxy) is 1. The van der Waals surface area contributed by atoms with Crippen LogP contribution in [0, 0.1) is 0 Å². The number of nitrogens with one attached hydrogen (secondary N) is 3. The van der Waals surface area contributed by atoms with Crippen molar-refractivity contribution in [1.29, 1.82) is 0 Å². The molecule has 2 amide bonds. The Morgan fingerprint density at radius 3 is 1.88 bits per heavy atom. The summed E-state index contributed by atoms with van der Waals surface area (Å²) in [7, 11) is 0. The Morgan fingerprint density at radius 1 is 0.909 bits per heavy atom. The second-order valence-electron chi connectivity index (χ2n) is 6.61. The quantitative estimate of drug-likeness (QED) is 0.138. The number of benzene rings is 1. The van der Waals surface area contributed by atoms with Gasteiger partial charge in [-0.05, 0) is 45.9 Å². The predicted octanol–water partition coefficient (Wildman–Crippen LogP) is 1.22. The Morgan fingerprint density at radius 2 is 1.42 bits per heavy atom. The van der Waals surface area contributed by atoms with E-state index in [1.807, 2.05) is 0 Å². The fourth-order valence-corrected chi connectivity index (χ4v) is 2.78. The molecular weight excluding hydrogens is 438 g/mol. The van der Waals surface area contributed by atoms with Crippen LogP contribution in [0.2, 0.25) is 0 Å². The number of hydroxylamine groups is 2. The highest BCUT2D eigenvalue weighted by atomic mass is 16.7. The summed E-state index contributed by atoms with van der Waals surface area (Å²) in [5, 5.41) is 13.1. The molecule has 33 heavy (non-hydrogen) atoms. The van der Waals surface area contributed by atoms with Crippen molar-refractivity contribution < 1.29 is 43.5 Å². The predicted molar refractivity (Wildman–Crippen MR) is 112 cm³/mol. The number of Topliss-reactive ketones (excluding diaryl/α,β-unsaturated/α-hetero) is 1. The van der Waals surface area contributed by atoms with E-state index in [-0.39, 0.29) is 35.7 Å². The Labute approximate surface area is 188 Å². The van der Waals surface area contributed by atoms with Gasteiger partial charge in [0.2, 0.25) is 0 Å². The van der Waals surface area contributed by atoms with Crippen LogP contribution in [0.25, 0.3) is 0 Å². The second kappa shape index (κ2) is 11.0. The summed E-state index contributed by atoms with van der Waals surface area (Å²) < 4.78 is 4.54. The van der Waals surface area contributed by atoms with Crippen LogP contribution in [-0.2, 0) is 28.8 Å². The normalized spacial score (nSPS) is 15.0. The molecule has 1 heterocycles. The fourth-order valence-electron chi connectivity index (χ4n) is 2.78. The minimum atomic E-state index is -1.26. The number of allylic oxidation sites excluding steroid dienone is 1. The van der Waals surface area contributed by atoms with E-state index in [9.17, 15) is 29.1 Å². The van der Waals surface area contributed by atoms with Crippen molar-refractivity contribution >= 4 is 35.2 Å². The van der Waals surface area contributed by atoms with Crippen LogP contribution in [0.5, 0.6) is 0 Å². The van der Waals surface area contributed by atoms with Gasteiger partial charge in [0, 0.05) is 22.5 Å². The number of carbonyl (C=O) groups excluding carboxylic acids is 5. The number of aliphatic hydroxyl groups is 1. The largest absolute Gasteiger partial charge is 0.506 e. The van der Waals surface area contributed by atoms with Crippen LogP contribution in [-0.4, -0.2) is 47.9 Å². The summed E-state index contributed by atoms with van der Waals surface area (Å²) in [6.07, 6.45) is 0. The Bertz CT molecular complexity index is 1030. The number of anilines is 1. The average Bonchev–Trinajstić information content (AvgIpc) is 2.74. The highest BCUT2D eigenvalue weighted by Crippen LogP contribution is 2.26. The van der Waals surface area contributed by atoms with Gasteiger partial charge < -0.3 is 15.2 Å². The molecule has 176 valence electrons. The van der Waals surface area contributed by atoms with Crippen LogP contribution >= 0.6 is 0 Å². The summed E-state index contributed by atoms with van der Waals surface area (Å²) in [6.45, 7) is 6.14. The van der Waals surface area contributed by atoms with Crippen LogP contribution < -0.4 is 16.3 Å². The van der Waals surface area contributed by atoms with Gasteiger partial charge in [-0.25, -0.2) is 20.5 Å².